The molecule has 0 atom stereocenters. The van der Waals surface area contributed by atoms with Crippen LogP contribution in [-0.4, -0.2) is 60.0 Å². The van der Waals surface area contributed by atoms with Gasteiger partial charge in [-0.15, -0.1) is 0 Å². The van der Waals surface area contributed by atoms with Crippen molar-refractivity contribution in [3.8, 4) is 11.5 Å². The maximum atomic E-state index is 9.83. The van der Waals surface area contributed by atoms with Crippen LogP contribution in [0.3, 0.4) is 0 Å². The van der Waals surface area contributed by atoms with E-state index in [1.165, 1.54) is 16.9 Å². The van der Waals surface area contributed by atoms with E-state index in [2.05, 4.69) is 30.1 Å². The first-order valence-electron chi connectivity index (χ1n) is 10.7. The van der Waals surface area contributed by atoms with Crippen LogP contribution in [0.2, 0.25) is 0 Å². The first-order chi connectivity index (χ1) is 13.9. The van der Waals surface area contributed by atoms with E-state index in [0.29, 0.717) is 12.6 Å². The van der Waals surface area contributed by atoms with Crippen molar-refractivity contribution in [2.45, 2.75) is 58.1 Å². The lowest BCUT2D eigenvalue weighted by Gasteiger charge is -2.44. The van der Waals surface area contributed by atoms with Gasteiger partial charge in [-0.05, 0) is 58.1 Å². The lowest BCUT2D eigenvalue weighted by atomic mass is 9.97. The molecule has 0 radical (unpaired) electrons. The summed E-state index contributed by atoms with van der Waals surface area (Å²) in [6.45, 7) is 9.24. The van der Waals surface area contributed by atoms with Gasteiger partial charge in [-0.1, -0.05) is 0 Å². The predicted molar refractivity (Wildman–Crippen MR) is 116 cm³/mol. The van der Waals surface area contributed by atoms with Crippen molar-refractivity contribution in [1.82, 2.24) is 9.88 Å². The zero-order valence-corrected chi connectivity index (χ0v) is 18.0. The fourth-order valence-corrected chi connectivity index (χ4v) is 4.54. The number of nitrogens with zero attached hydrogens (tertiary/aromatic N) is 2. The van der Waals surface area contributed by atoms with Crippen molar-refractivity contribution in [3.63, 3.8) is 0 Å². The molecule has 1 aliphatic carbocycles. The highest BCUT2D eigenvalue weighted by Crippen LogP contribution is 2.40. The highest BCUT2D eigenvalue weighted by molar-refractivity contribution is 5.96. The third-order valence-electron chi connectivity index (χ3n) is 5.73. The van der Waals surface area contributed by atoms with Crippen molar-refractivity contribution in [2.75, 3.05) is 38.7 Å². The average Bonchev–Trinajstić information content (AvgIpc) is 3.10. The van der Waals surface area contributed by atoms with Crippen LogP contribution in [0.15, 0.2) is 12.1 Å². The van der Waals surface area contributed by atoms with Crippen molar-refractivity contribution in [2.24, 2.45) is 0 Å². The molecule has 0 saturated carbocycles. The number of fused-ring (bicyclic) bond motifs is 2. The Bertz CT molecular complexity index is 887. The lowest BCUT2D eigenvalue weighted by molar-refractivity contribution is -0.0840. The summed E-state index contributed by atoms with van der Waals surface area (Å²) in [4.78, 5) is 7.19. The number of ether oxygens (including phenoxy) is 2. The molecular formula is C23H33N3O3. The molecule has 0 amide bonds. The summed E-state index contributed by atoms with van der Waals surface area (Å²) < 4.78 is 11.7. The van der Waals surface area contributed by atoms with Gasteiger partial charge in [-0.2, -0.15) is 0 Å². The Morgan fingerprint density at radius 2 is 2.03 bits per heavy atom. The fraction of sp³-hybridized carbons (Fsp3) is 0.609. The minimum Gasteiger partial charge on any atom is -0.493 e. The summed E-state index contributed by atoms with van der Waals surface area (Å²) in [7, 11) is 1.69. The minimum atomic E-state index is -0.518. The molecule has 0 spiro atoms. The first kappa shape index (κ1) is 20.2. The lowest BCUT2D eigenvalue weighted by Crippen LogP contribution is -2.59. The van der Waals surface area contributed by atoms with Gasteiger partial charge in [0.1, 0.15) is 0 Å². The Hall–Kier alpha value is -2.05. The monoisotopic (exact) mass is 399 g/mol. The second-order valence-corrected chi connectivity index (χ2v) is 8.99. The standard InChI is InChI=1S/C23H33N3O3/c1-15(2)24-22-16-7-5-8-18(16)25-19-12-21(20(28-4)11-17(19)22)29-10-6-9-26-13-23(3,27)14-26/h11-12,15,27H,5-10,13-14H2,1-4H3,(H,24,25). The maximum absolute atomic E-state index is 9.83. The van der Waals surface area contributed by atoms with Crippen LogP contribution in [0.25, 0.3) is 10.9 Å². The molecule has 2 aliphatic rings. The number of nitrogens with one attached hydrogen (secondary N) is 1. The molecule has 1 aromatic carbocycles. The number of aryl methyl sites for hydroxylation is 1. The molecule has 6 nitrogen and oxygen atoms in total. The number of anilines is 1. The Balaban J connectivity index is 1.53. The molecule has 29 heavy (non-hydrogen) atoms. The van der Waals surface area contributed by atoms with Crippen LogP contribution in [0.1, 0.15) is 44.9 Å². The molecular weight excluding hydrogens is 366 g/mol. The van der Waals surface area contributed by atoms with Gasteiger partial charge in [0.05, 0.1) is 24.8 Å². The summed E-state index contributed by atoms with van der Waals surface area (Å²) in [6, 6.07) is 4.44. The smallest absolute Gasteiger partial charge is 0.163 e. The van der Waals surface area contributed by atoms with Gasteiger partial charge < -0.3 is 19.9 Å². The topological polar surface area (TPSA) is 66.8 Å². The molecule has 4 rings (SSSR count). The highest BCUT2D eigenvalue weighted by atomic mass is 16.5. The number of methoxy groups -OCH3 is 1. The van der Waals surface area contributed by atoms with Crippen LogP contribution < -0.4 is 14.8 Å². The summed E-state index contributed by atoms with van der Waals surface area (Å²) >= 11 is 0. The van der Waals surface area contributed by atoms with Crippen LogP contribution in [0.5, 0.6) is 11.5 Å². The first-order valence-corrected chi connectivity index (χ1v) is 10.7. The number of β-amino-alcohol motifs (C(OH)–C–C–N with tert-alkyl or cyclic N) is 1. The van der Waals surface area contributed by atoms with Gasteiger partial charge >= 0.3 is 0 Å². The van der Waals surface area contributed by atoms with Crippen molar-refractivity contribution >= 4 is 16.6 Å². The van der Waals surface area contributed by atoms with Crippen molar-refractivity contribution in [3.05, 3.63) is 23.4 Å². The number of aromatic nitrogens is 1. The number of rotatable bonds is 8. The fourth-order valence-electron chi connectivity index (χ4n) is 4.54. The van der Waals surface area contributed by atoms with E-state index in [4.69, 9.17) is 14.5 Å². The quantitative estimate of drug-likeness (QED) is 0.664. The Labute approximate surface area is 173 Å². The van der Waals surface area contributed by atoms with Gasteiger partial charge in [-0.25, -0.2) is 0 Å². The molecule has 6 heteroatoms. The highest BCUT2D eigenvalue weighted by Gasteiger charge is 2.35. The number of pyridine rings is 1. The van der Waals surface area contributed by atoms with E-state index in [0.717, 1.165) is 67.7 Å². The molecule has 0 unspecified atom stereocenters. The number of hydrogen-bond acceptors (Lipinski definition) is 6. The van der Waals surface area contributed by atoms with Crippen LogP contribution in [-0.2, 0) is 12.8 Å². The second kappa shape index (κ2) is 8.00. The Morgan fingerprint density at radius 3 is 2.72 bits per heavy atom. The zero-order valence-electron chi connectivity index (χ0n) is 18.0. The molecule has 1 fully saturated rings. The Kier molecular flexibility index (Phi) is 5.58. The van der Waals surface area contributed by atoms with E-state index in [-0.39, 0.29) is 0 Å². The molecule has 1 aliphatic heterocycles. The van der Waals surface area contributed by atoms with E-state index in [9.17, 15) is 5.11 Å². The molecule has 0 bridgehead atoms. The van der Waals surface area contributed by atoms with Gasteiger partial charge in [0.25, 0.3) is 0 Å². The SMILES string of the molecule is COc1cc2c(NC(C)C)c3c(nc2cc1OCCCN1CC(C)(O)C1)CCC3. The number of aliphatic hydroxyl groups is 1. The summed E-state index contributed by atoms with van der Waals surface area (Å²) in [6.07, 6.45) is 4.20. The normalized spacial score (nSPS) is 18.0. The second-order valence-electron chi connectivity index (χ2n) is 8.99. The summed E-state index contributed by atoms with van der Waals surface area (Å²) in [5.74, 6) is 1.49. The molecule has 1 aromatic heterocycles. The van der Waals surface area contributed by atoms with E-state index < -0.39 is 5.60 Å². The van der Waals surface area contributed by atoms with E-state index in [1.807, 2.05) is 13.0 Å². The van der Waals surface area contributed by atoms with Gasteiger partial charge in [0, 0.05) is 48.5 Å². The summed E-state index contributed by atoms with van der Waals surface area (Å²) in [5, 5.41) is 14.6. The van der Waals surface area contributed by atoms with E-state index in [1.54, 1.807) is 7.11 Å². The zero-order chi connectivity index (χ0) is 20.6. The maximum Gasteiger partial charge on any atom is 0.163 e. The Morgan fingerprint density at radius 1 is 1.24 bits per heavy atom. The van der Waals surface area contributed by atoms with Crippen molar-refractivity contribution < 1.29 is 14.6 Å². The van der Waals surface area contributed by atoms with Gasteiger partial charge in [0.15, 0.2) is 11.5 Å². The summed E-state index contributed by atoms with van der Waals surface area (Å²) in [5.41, 5.74) is 4.21. The molecule has 158 valence electrons. The molecule has 1 saturated heterocycles. The molecule has 2 heterocycles. The van der Waals surface area contributed by atoms with E-state index >= 15 is 0 Å². The third-order valence-corrected chi connectivity index (χ3v) is 5.73. The number of benzene rings is 1. The largest absolute Gasteiger partial charge is 0.493 e. The minimum absolute atomic E-state index is 0.356. The number of hydrogen-bond donors (Lipinski definition) is 2. The van der Waals surface area contributed by atoms with Crippen LogP contribution >= 0.6 is 0 Å². The average molecular weight is 400 g/mol. The predicted octanol–water partition coefficient (Wildman–Crippen LogP) is 3.39. The van der Waals surface area contributed by atoms with Gasteiger partial charge in [0.2, 0.25) is 0 Å². The number of likely N-dealkylation sites (tertiary alicyclic amines) is 1. The van der Waals surface area contributed by atoms with Crippen LogP contribution in [0, 0.1) is 0 Å². The van der Waals surface area contributed by atoms with Gasteiger partial charge in [-0.3, -0.25) is 9.88 Å². The molecule has 2 aromatic rings. The third kappa shape index (κ3) is 4.28. The molecule has 2 N–H and O–H groups in total. The van der Waals surface area contributed by atoms with Crippen molar-refractivity contribution in [1.29, 1.82) is 0 Å². The van der Waals surface area contributed by atoms with Crippen LogP contribution in [0.4, 0.5) is 5.69 Å².